The third-order valence-electron chi connectivity index (χ3n) is 7.97. The second-order valence-corrected chi connectivity index (χ2v) is 13.6. The van der Waals surface area contributed by atoms with Gasteiger partial charge in [-0.1, -0.05) is 41.5 Å². The molecule has 3 aromatic carbocycles. The molecule has 1 fully saturated rings. The molecule has 0 radical (unpaired) electrons. The van der Waals surface area contributed by atoms with Gasteiger partial charge in [-0.15, -0.1) is 0 Å². The SMILES string of the molecule is Cc1cc(C)c(N2C(=O)/C(=N\c3nc(Cc4ccc5c(c4)OCO5)cn3-c3c(C)cc(C)cc3C)NC2=NCCS(=O)(=O)O)c(C)c1. The van der Waals surface area contributed by atoms with Gasteiger partial charge in [0.25, 0.3) is 10.1 Å². The molecule has 2 N–H and O–H groups in total. The number of amides is 1. The van der Waals surface area contributed by atoms with Crippen LogP contribution in [0.4, 0.5) is 11.6 Å². The maximum atomic E-state index is 14.1. The average molecular weight is 657 g/mol. The average Bonchev–Trinajstić information content (AvgIpc) is 3.66. The lowest BCUT2D eigenvalue weighted by Crippen LogP contribution is -2.34. The molecule has 0 unspecified atom stereocenters. The summed E-state index contributed by atoms with van der Waals surface area (Å²) >= 11 is 0. The first-order chi connectivity index (χ1) is 22.3. The van der Waals surface area contributed by atoms with Crippen molar-refractivity contribution in [2.75, 3.05) is 24.0 Å². The number of benzene rings is 3. The summed E-state index contributed by atoms with van der Waals surface area (Å²) < 4.78 is 45.1. The fourth-order valence-corrected chi connectivity index (χ4v) is 6.58. The van der Waals surface area contributed by atoms with Crippen LogP contribution < -0.4 is 19.7 Å². The first-order valence-electron chi connectivity index (χ1n) is 15.1. The molecule has 12 nitrogen and oxygen atoms in total. The van der Waals surface area contributed by atoms with E-state index in [2.05, 4.69) is 22.4 Å². The van der Waals surface area contributed by atoms with Crippen molar-refractivity contribution in [3.8, 4) is 17.2 Å². The van der Waals surface area contributed by atoms with Crippen molar-refractivity contribution in [2.45, 2.75) is 48.0 Å². The molecule has 47 heavy (non-hydrogen) atoms. The fourth-order valence-electron chi connectivity index (χ4n) is 6.26. The summed E-state index contributed by atoms with van der Waals surface area (Å²) in [4.78, 5) is 29.5. The van der Waals surface area contributed by atoms with Gasteiger partial charge in [-0.2, -0.15) is 13.4 Å². The topological polar surface area (TPSA) is 148 Å². The van der Waals surface area contributed by atoms with E-state index in [-0.39, 0.29) is 31.1 Å². The van der Waals surface area contributed by atoms with Gasteiger partial charge in [-0.3, -0.25) is 18.9 Å². The number of carbonyl (C=O) groups excluding carboxylic acids is 1. The minimum Gasteiger partial charge on any atom is -0.454 e. The zero-order valence-corrected chi connectivity index (χ0v) is 27.9. The van der Waals surface area contributed by atoms with Gasteiger partial charge >= 0.3 is 5.91 Å². The Morgan fingerprint density at radius 2 is 1.51 bits per heavy atom. The minimum atomic E-state index is -4.27. The quantitative estimate of drug-likeness (QED) is 0.253. The maximum Gasteiger partial charge on any atom is 0.301 e. The fraction of sp³-hybridized carbons (Fsp3) is 0.294. The predicted molar refractivity (Wildman–Crippen MR) is 180 cm³/mol. The number of aliphatic imine (C=N–C) groups is 2. The normalized spacial score (nSPS) is 16.1. The monoisotopic (exact) mass is 656 g/mol. The molecule has 2 aliphatic rings. The molecule has 0 aliphatic carbocycles. The van der Waals surface area contributed by atoms with Gasteiger partial charge < -0.3 is 14.8 Å². The van der Waals surface area contributed by atoms with Gasteiger partial charge in [0.05, 0.1) is 29.4 Å². The second-order valence-electron chi connectivity index (χ2n) is 12.0. The van der Waals surface area contributed by atoms with Crippen molar-refractivity contribution >= 4 is 39.5 Å². The van der Waals surface area contributed by atoms with E-state index in [0.29, 0.717) is 23.6 Å². The summed E-state index contributed by atoms with van der Waals surface area (Å²) in [6, 6.07) is 13.8. The van der Waals surface area contributed by atoms with Gasteiger partial charge in [0.15, 0.2) is 11.5 Å². The molecule has 3 heterocycles. The third kappa shape index (κ3) is 6.62. The molecule has 1 amide bonds. The summed E-state index contributed by atoms with van der Waals surface area (Å²) in [6.07, 6.45) is 2.39. The Kier molecular flexibility index (Phi) is 8.36. The number of hydrogen-bond acceptors (Lipinski definition) is 8. The van der Waals surface area contributed by atoms with Crippen LogP contribution in [0.15, 0.2) is 58.6 Å². The van der Waals surface area contributed by atoms with Crippen LogP contribution in [0.5, 0.6) is 11.5 Å². The molecular formula is C34H36N6O6S. The van der Waals surface area contributed by atoms with Crippen LogP contribution in [0, 0.1) is 41.5 Å². The van der Waals surface area contributed by atoms with E-state index in [1.807, 2.05) is 82.6 Å². The lowest BCUT2D eigenvalue weighted by Gasteiger charge is -2.20. The molecule has 244 valence electrons. The van der Waals surface area contributed by atoms with Crippen molar-refractivity contribution in [1.29, 1.82) is 0 Å². The zero-order chi connectivity index (χ0) is 33.6. The summed E-state index contributed by atoms with van der Waals surface area (Å²) in [5.74, 6) is 0.653. The van der Waals surface area contributed by atoms with E-state index in [1.54, 1.807) is 0 Å². The number of rotatable bonds is 8. The highest BCUT2D eigenvalue weighted by molar-refractivity contribution is 7.85. The largest absolute Gasteiger partial charge is 0.454 e. The number of anilines is 1. The van der Waals surface area contributed by atoms with Crippen LogP contribution in [-0.4, -0.2) is 59.3 Å². The summed E-state index contributed by atoms with van der Waals surface area (Å²) in [5.41, 5.74) is 9.04. The maximum absolute atomic E-state index is 14.1. The minimum absolute atomic E-state index is 0.0288. The lowest BCUT2D eigenvalue weighted by atomic mass is 10.0. The number of ether oxygens (including phenoxy) is 2. The molecule has 0 spiro atoms. The standard InChI is InChI=1S/C34H36N6O6S/c1-19-11-21(3)29(22(4)12-19)39-17-26(15-25-7-8-27-28(16-25)46-18-45-27)36-34(39)38-31-32(41)40(30-23(5)13-20(2)14-24(30)6)33(37-31)35-9-10-47(42,43)44/h7-8,11-14,16-17H,9-10,15,18H2,1-6H3,(H,42,43,44)(H,35,36,37,38). The number of nitrogens with one attached hydrogen (secondary N) is 1. The van der Waals surface area contributed by atoms with Crippen LogP contribution in [0.25, 0.3) is 5.69 Å². The molecule has 4 aromatic rings. The molecule has 0 saturated carbocycles. The third-order valence-corrected chi connectivity index (χ3v) is 8.66. The number of imidazole rings is 1. The lowest BCUT2D eigenvalue weighted by molar-refractivity contribution is -0.111. The number of aromatic nitrogens is 2. The first-order valence-corrected chi connectivity index (χ1v) is 16.7. The Bertz CT molecular complexity index is 2050. The van der Waals surface area contributed by atoms with E-state index in [9.17, 15) is 17.8 Å². The van der Waals surface area contributed by atoms with Gasteiger partial charge in [0.2, 0.25) is 24.5 Å². The predicted octanol–water partition coefficient (Wildman–Crippen LogP) is 4.95. The van der Waals surface area contributed by atoms with Crippen LogP contribution in [0.2, 0.25) is 0 Å². The Morgan fingerprint density at radius 3 is 2.15 bits per heavy atom. The Labute approximate surface area is 273 Å². The van der Waals surface area contributed by atoms with Crippen molar-refractivity contribution in [3.63, 3.8) is 0 Å². The van der Waals surface area contributed by atoms with E-state index < -0.39 is 21.8 Å². The second kappa shape index (κ2) is 12.3. The molecule has 1 saturated heterocycles. The molecule has 0 bridgehead atoms. The van der Waals surface area contributed by atoms with E-state index in [1.165, 1.54) is 4.90 Å². The summed E-state index contributed by atoms with van der Waals surface area (Å²) in [6.45, 7) is 11.8. The smallest absolute Gasteiger partial charge is 0.301 e. The van der Waals surface area contributed by atoms with Gasteiger partial charge in [0, 0.05) is 12.6 Å². The van der Waals surface area contributed by atoms with Crippen molar-refractivity contribution < 1.29 is 27.2 Å². The number of guanidine groups is 1. The Morgan fingerprint density at radius 1 is 0.894 bits per heavy atom. The number of amidine groups is 1. The molecule has 1 aromatic heterocycles. The number of nitrogens with zero attached hydrogens (tertiary/aromatic N) is 5. The van der Waals surface area contributed by atoms with E-state index in [0.717, 1.165) is 50.3 Å². The number of aryl methyl sites for hydroxylation is 6. The van der Waals surface area contributed by atoms with E-state index >= 15 is 0 Å². The van der Waals surface area contributed by atoms with Crippen LogP contribution in [-0.2, 0) is 21.3 Å². The summed E-state index contributed by atoms with van der Waals surface area (Å²) in [5, 5.41) is 3.01. The first kappa shape index (κ1) is 32.0. The van der Waals surface area contributed by atoms with Gasteiger partial charge in [-0.05, 0) is 81.5 Å². The summed E-state index contributed by atoms with van der Waals surface area (Å²) in [7, 11) is -4.27. The van der Waals surface area contributed by atoms with Crippen LogP contribution in [0.1, 0.15) is 44.6 Å². The zero-order valence-electron chi connectivity index (χ0n) is 27.1. The molecular weight excluding hydrogens is 620 g/mol. The van der Waals surface area contributed by atoms with Crippen molar-refractivity contribution in [1.82, 2.24) is 14.9 Å². The Balaban J connectivity index is 1.45. The van der Waals surface area contributed by atoms with Crippen molar-refractivity contribution in [2.24, 2.45) is 9.98 Å². The highest BCUT2D eigenvalue weighted by Crippen LogP contribution is 2.34. The highest BCUT2D eigenvalue weighted by atomic mass is 32.2. The van der Waals surface area contributed by atoms with E-state index in [4.69, 9.17) is 19.5 Å². The highest BCUT2D eigenvalue weighted by Gasteiger charge is 2.37. The number of carbonyl (C=O) groups is 1. The number of hydrogen-bond donors (Lipinski definition) is 2. The van der Waals surface area contributed by atoms with Gasteiger partial charge in [0.1, 0.15) is 0 Å². The van der Waals surface area contributed by atoms with Gasteiger partial charge in [-0.25, -0.2) is 9.88 Å². The Hall–Kier alpha value is -5.01. The van der Waals surface area contributed by atoms with Crippen molar-refractivity contribution in [3.05, 3.63) is 93.3 Å². The van der Waals surface area contributed by atoms with Crippen LogP contribution >= 0.6 is 0 Å². The molecule has 2 aliphatic heterocycles. The molecule has 6 rings (SSSR count). The molecule has 13 heteroatoms. The number of fused-ring (bicyclic) bond motifs is 1. The molecule has 0 atom stereocenters. The van der Waals surface area contributed by atoms with Crippen LogP contribution in [0.3, 0.4) is 0 Å².